The number of hydrogen-bond acceptors (Lipinski definition) is 7. The van der Waals surface area contributed by atoms with Gasteiger partial charge in [0.1, 0.15) is 0 Å². The fourth-order valence-electron chi connectivity index (χ4n) is 5.28. The van der Waals surface area contributed by atoms with E-state index in [0.717, 1.165) is 58.4 Å². The van der Waals surface area contributed by atoms with Crippen molar-refractivity contribution in [2.45, 2.75) is 76.6 Å². The van der Waals surface area contributed by atoms with Crippen LogP contribution in [0.5, 0.6) is 0 Å². The maximum atomic E-state index is 12.4. The van der Waals surface area contributed by atoms with Crippen LogP contribution in [0, 0.1) is 0 Å². The lowest BCUT2D eigenvalue weighted by atomic mass is 9.97. The molecule has 9 heteroatoms. The monoisotopic (exact) mass is 621 g/mol. The zero-order valence-corrected chi connectivity index (χ0v) is 25.8. The second kappa shape index (κ2) is 17.9. The van der Waals surface area contributed by atoms with E-state index < -0.39 is 12.3 Å². The van der Waals surface area contributed by atoms with Crippen LogP contribution in [0.25, 0.3) is 11.1 Å². The maximum absolute atomic E-state index is 12.4. The fraction of sp³-hybridized carbons (Fsp3) is 0.429. The van der Waals surface area contributed by atoms with Gasteiger partial charge in [0.05, 0.1) is 25.4 Å². The Morgan fingerprint density at radius 2 is 1.55 bits per heavy atom. The highest BCUT2D eigenvalue weighted by atomic mass is 32.2. The van der Waals surface area contributed by atoms with Crippen LogP contribution in [0.15, 0.2) is 72.8 Å². The molecule has 3 aromatic rings. The van der Waals surface area contributed by atoms with Gasteiger partial charge in [-0.25, -0.2) is 0 Å². The van der Waals surface area contributed by atoms with Gasteiger partial charge in [0.15, 0.2) is 6.29 Å². The second-order valence-electron chi connectivity index (χ2n) is 11.0. The summed E-state index contributed by atoms with van der Waals surface area (Å²) in [6.07, 6.45) is 3.62. The Balaban J connectivity index is 1.38. The molecule has 1 aliphatic rings. The summed E-state index contributed by atoms with van der Waals surface area (Å²) in [7, 11) is 0. The number of carbonyl (C=O) groups is 2. The van der Waals surface area contributed by atoms with Gasteiger partial charge in [-0.05, 0) is 40.7 Å². The summed E-state index contributed by atoms with van der Waals surface area (Å²) in [4.78, 5) is 23.1. The molecule has 1 heterocycles. The van der Waals surface area contributed by atoms with Crippen molar-refractivity contribution >= 4 is 23.6 Å². The molecule has 0 bridgehead atoms. The number of carboxylic acids is 1. The Labute approximate surface area is 263 Å². The Bertz CT molecular complexity index is 1320. The van der Waals surface area contributed by atoms with E-state index >= 15 is 0 Å². The molecule has 1 saturated heterocycles. The highest BCUT2D eigenvalue weighted by molar-refractivity contribution is 7.99. The summed E-state index contributed by atoms with van der Waals surface area (Å²) in [5.74, 6) is 0.630. The highest BCUT2D eigenvalue weighted by Crippen LogP contribution is 2.39. The average Bonchev–Trinajstić information content (AvgIpc) is 3.05. The van der Waals surface area contributed by atoms with E-state index in [1.54, 1.807) is 11.8 Å². The van der Waals surface area contributed by atoms with Gasteiger partial charge in [0.25, 0.3) is 0 Å². The number of ether oxygens (including phenoxy) is 2. The van der Waals surface area contributed by atoms with E-state index in [-0.39, 0.29) is 37.7 Å². The van der Waals surface area contributed by atoms with Gasteiger partial charge in [-0.3, -0.25) is 9.59 Å². The van der Waals surface area contributed by atoms with Crippen molar-refractivity contribution in [1.29, 1.82) is 0 Å². The minimum absolute atomic E-state index is 0.00259. The average molecular weight is 622 g/mol. The number of carbonyl (C=O) groups excluding carboxylic acids is 1. The molecular formula is C35H43NO7S. The molecule has 1 amide bonds. The van der Waals surface area contributed by atoms with Gasteiger partial charge >= 0.3 is 5.97 Å². The first-order chi connectivity index (χ1) is 21.5. The van der Waals surface area contributed by atoms with E-state index in [2.05, 4.69) is 17.4 Å². The van der Waals surface area contributed by atoms with Crippen LogP contribution in [0.2, 0.25) is 0 Å². The van der Waals surface area contributed by atoms with Crippen LogP contribution in [0.1, 0.15) is 79.6 Å². The van der Waals surface area contributed by atoms with Crippen molar-refractivity contribution in [3.8, 4) is 11.1 Å². The lowest BCUT2D eigenvalue weighted by Gasteiger charge is -2.36. The van der Waals surface area contributed by atoms with Crippen LogP contribution in [-0.2, 0) is 32.2 Å². The number of carboxylic acid groups (broad SMARTS) is 1. The SMILES string of the molecule is O=C(O)CCCCCCC(=O)NCc1ccccc1-c1ccc(C2OC(CSCCO)CC(c3ccc(CO)cc3)O2)cc1. The minimum atomic E-state index is -0.778. The van der Waals surface area contributed by atoms with Crippen LogP contribution >= 0.6 is 11.8 Å². The molecule has 3 atom stereocenters. The van der Waals surface area contributed by atoms with Gasteiger partial charge in [-0.2, -0.15) is 11.8 Å². The number of hydrogen-bond donors (Lipinski definition) is 4. The number of unbranched alkanes of at least 4 members (excludes halogenated alkanes) is 3. The number of benzene rings is 3. The van der Waals surface area contributed by atoms with Crippen molar-refractivity contribution < 1.29 is 34.4 Å². The van der Waals surface area contributed by atoms with Gasteiger partial charge in [-0.1, -0.05) is 85.6 Å². The molecule has 236 valence electrons. The standard InChI is InChI=1S/C35H43NO7S/c37-19-20-44-24-30-21-32(27-13-11-25(23-38)12-14-27)43-35(42-30)28-17-15-26(16-18-28)31-8-6-5-7-29(31)22-36-33(39)9-3-1-2-4-10-34(40)41/h5-8,11-18,30,32,35,37-38H,1-4,9-10,19-24H2,(H,36,39)(H,40,41). The highest BCUT2D eigenvalue weighted by Gasteiger charge is 2.32. The first kappa shape index (κ1) is 33.7. The van der Waals surface area contributed by atoms with E-state index in [1.165, 1.54) is 0 Å². The third-order valence-corrected chi connectivity index (χ3v) is 8.76. The van der Waals surface area contributed by atoms with Crippen molar-refractivity contribution in [2.75, 3.05) is 18.1 Å². The predicted octanol–water partition coefficient (Wildman–Crippen LogP) is 6.16. The minimum Gasteiger partial charge on any atom is -0.481 e. The molecule has 0 saturated carbocycles. The van der Waals surface area contributed by atoms with Crippen LogP contribution in [0.4, 0.5) is 0 Å². The summed E-state index contributed by atoms with van der Waals surface area (Å²) in [5.41, 5.74) is 5.90. The number of aliphatic carboxylic acids is 1. The Hall–Kier alpha value is -3.21. The molecule has 4 N–H and O–H groups in total. The zero-order valence-electron chi connectivity index (χ0n) is 25.0. The molecule has 8 nitrogen and oxygen atoms in total. The number of amides is 1. The van der Waals surface area contributed by atoms with Crippen molar-refractivity contribution in [3.63, 3.8) is 0 Å². The summed E-state index contributed by atoms with van der Waals surface area (Å²) < 4.78 is 12.8. The predicted molar refractivity (Wildman–Crippen MR) is 172 cm³/mol. The third-order valence-electron chi connectivity index (χ3n) is 7.69. The third kappa shape index (κ3) is 10.5. The van der Waals surface area contributed by atoms with Gasteiger partial charge in [0.2, 0.25) is 5.91 Å². The Morgan fingerprint density at radius 3 is 2.25 bits per heavy atom. The Kier molecular flexibility index (Phi) is 13.7. The van der Waals surface area contributed by atoms with Gasteiger partial charge in [0, 0.05) is 42.9 Å². The van der Waals surface area contributed by atoms with Crippen molar-refractivity contribution in [1.82, 2.24) is 5.32 Å². The van der Waals surface area contributed by atoms with E-state index in [0.29, 0.717) is 31.6 Å². The number of aliphatic hydroxyl groups excluding tert-OH is 2. The molecule has 1 aliphatic heterocycles. The number of nitrogens with one attached hydrogen (secondary N) is 1. The van der Waals surface area contributed by atoms with Crippen LogP contribution < -0.4 is 5.32 Å². The van der Waals surface area contributed by atoms with Crippen molar-refractivity contribution in [2.24, 2.45) is 0 Å². The molecule has 0 aliphatic carbocycles. The molecule has 0 aromatic heterocycles. The first-order valence-corrected chi connectivity index (χ1v) is 16.5. The molecule has 44 heavy (non-hydrogen) atoms. The van der Waals surface area contributed by atoms with E-state index in [1.807, 2.05) is 60.7 Å². The largest absolute Gasteiger partial charge is 0.481 e. The lowest BCUT2D eigenvalue weighted by molar-refractivity contribution is -0.245. The molecule has 3 aromatic carbocycles. The van der Waals surface area contributed by atoms with E-state index in [4.69, 9.17) is 14.6 Å². The quantitative estimate of drug-likeness (QED) is 0.132. The molecule has 1 fully saturated rings. The fourth-order valence-corrected chi connectivity index (χ4v) is 6.05. The number of thioether (sulfide) groups is 1. The molecule has 0 radical (unpaired) electrons. The van der Waals surface area contributed by atoms with Gasteiger partial charge in [-0.15, -0.1) is 0 Å². The first-order valence-electron chi connectivity index (χ1n) is 15.3. The summed E-state index contributed by atoms with van der Waals surface area (Å²) in [6.45, 7) is 0.554. The molecular weight excluding hydrogens is 578 g/mol. The summed E-state index contributed by atoms with van der Waals surface area (Å²) in [6, 6.07) is 24.0. The molecule has 0 spiro atoms. The van der Waals surface area contributed by atoms with Crippen molar-refractivity contribution in [3.05, 3.63) is 95.1 Å². The summed E-state index contributed by atoms with van der Waals surface area (Å²) in [5, 5.41) is 30.4. The maximum Gasteiger partial charge on any atom is 0.303 e. The normalized spacial score (nSPS) is 18.2. The van der Waals surface area contributed by atoms with E-state index in [9.17, 15) is 19.8 Å². The van der Waals surface area contributed by atoms with Crippen LogP contribution in [0.3, 0.4) is 0 Å². The number of aliphatic hydroxyl groups is 2. The lowest BCUT2D eigenvalue weighted by Crippen LogP contribution is -2.31. The second-order valence-corrected chi connectivity index (χ2v) is 12.2. The smallest absolute Gasteiger partial charge is 0.303 e. The number of rotatable bonds is 17. The zero-order chi connectivity index (χ0) is 31.1. The Morgan fingerprint density at radius 1 is 0.841 bits per heavy atom. The summed E-state index contributed by atoms with van der Waals surface area (Å²) >= 11 is 1.66. The molecule has 4 rings (SSSR count). The topological polar surface area (TPSA) is 125 Å². The molecule has 3 unspecified atom stereocenters. The van der Waals surface area contributed by atoms with Crippen LogP contribution in [-0.4, -0.2) is 51.4 Å². The van der Waals surface area contributed by atoms with Gasteiger partial charge < -0.3 is 30.1 Å².